The van der Waals surface area contributed by atoms with Crippen LogP contribution in [0.2, 0.25) is 0 Å². The second kappa shape index (κ2) is 8.53. The highest BCUT2D eigenvalue weighted by Gasteiger charge is 2.32. The summed E-state index contributed by atoms with van der Waals surface area (Å²) in [5.74, 6) is -0.802. The van der Waals surface area contributed by atoms with Gasteiger partial charge in [-0.1, -0.05) is 18.2 Å². The fourth-order valence-electron chi connectivity index (χ4n) is 3.67. The maximum absolute atomic E-state index is 13.6. The number of aromatic nitrogens is 1. The Hall–Kier alpha value is -3.79. The fourth-order valence-corrected chi connectivity index (χ4v) is 5.25. The van der Waals surface area contributed by atoms with Gasteiger partial charge in [-0.2, -0.15) is 13.2 Å². The molecule has 0 aliphatic heterocycles. The summed E-state index contributed by atoms with van der Waals surface area (Å²) in [7, 11) is -2.82. The average molecular weight is 489 g/mol. The zero-order chi connectivity index (χ0) is 24.7. The van der Waals surface area contributed by atoms with Crippen LogP contribution in [0.15, 0.2) is 77.7 Å². The van der Waals surface area contributed by atoms with Crippen LogP contribution in [0, 0.1) is 0 Å². The molecule has 4 rings (SSSR count). The smallest absolute Gasteiger partial charge is 0.416 e. The summed E-state index contributed by atoms with van der Waals surface area (Å²) < 4.78 is 73.2. The summed E-state index contributed by atoms with van der Waals surface area (Å²) in [5.41, 5.74) is 0.0653. The second-order valence-electron chi connectivity index (χ2n) is 7.53. The standard InChI is InChI=1S/C24H18F3NO5S/c1-33-20-3-2-4-21(14-20)34(31,32)28-19(11-15-5-7-16(8-6-15)23(29)30)13-17-12-18(24(25,26)27)9-10-22(17)28/h2-10,12-14H,11H2,1H3,(H,29,30). The van der Waals surface area contributed by atoms with E-state index in [1.165, 1.54) is 55.6 Å². The molecule has 4 aromatic rings. The van der Waals surface area contributed by atoms with E-state index < -0.39 is 27.7 Å². The van der Waals surface area contributed by atoms with Gasteiger partial charge in [-0.25, -0.2) is 17.2 Å². The van der Waals surface area contributed by atoms with E-state index in [1.807, 2.05) is 0 Å². The normalized spacial score (nSPS) is 12.1. The number of aromatic carboxylic acids is 1. The van der Waals surface area contributed by atoms with Gasteiger partial charge in [0.2, 0.25) is 0 Å². The first kappa shape index (κ1) is 23.4. The highest BCUT2D eigenvalue weighted by atomic mass is 32.2. The number of benzene rings is 3. The molecule has 0 amide bonds. The zero-order valence-corrected chi connectivity index (χ0v) is 18.5. The van der Waals surface area contributed by atoms with Gasteiger partial charge in [-0.05, 0) is 54.1 Å². The van der Waals surface area contributed by atoms with Gasteiger partial charge in [0.15, 0.2) is 0 Å². The number of hydrogen-bond donors (Lipinski definition) is 1. The Bertz CT molecular complexity index is 1490. The second-order valence-corrected chi connectivity index (χ2v) is 9.32. The molecule has 0 unspecified atom stereocenters. The van der Waals surface area contributed by atoms with Crippen molar-refractivity contribution in [2.24, 2.45) is 0 Å². The molecule has 3 aromatic carbocycles. The van der Waals surface area contributed by atoms with E-state index in [0.717, 1.165) is 22.2 Å². The number of halogens is 3. The number of ether oxygens (including phenoxy) is 1. The monoisotopic (exact) mass is 489 g/mol. The molecule has 0 bridgehead atoms. The zero-order valence-electron chi connectivity index (χ0n) is 17.7. The van der Waals surface area contributed by atoms with E-state index >= 15 is 0 Å². The number of carboxylic acids is 1. The van der Waals surface area contributed by atoms with Gasteiger partial charge in [-0.15, -0.1) is 0 Å². The Morgan fingerprint density at radius 1 is 1.00 bits per heavy atom. The molecule has 34 heavy (non-hydrogen) atoms. The van der Waals surface area contributed by atoms with Crippen LogP contribution >= 0.6 is 0 Å². The van der Waals surface area contributed by atoms with Gasteiger partial charge < -0.3 is 9.84 Å². The number of rotatable bonds is 6. The van der Waals surface area contributed by atoms with Gasteiger partial charge in [0, 0.05) is 23.6 Å². The molecule has 0 radical (unpaired) electrons. The van der Waals surface area contributed by atoms with Crippen molar-refractivity contribution in [3.8, 4) is 5.75 Å². The molecule has 0 aliphatic carbocycles. The maximum Gasteiger partial charge on any atom is 0.416 e. The first-order chi connectivity index (χ1) is 16.0. The summed E-state index contributed by atoms with van der Waals surface area (Å²) in [4.78, 5) is 11.0. The molecule has 6 nitrogen and oxygen atoms in total. The molecule has 176 valence electrons. The molecule has 0 saturated carbocycles. The van der Waals surface area contributed by atoms with Gasteiger partial charge in [-0.3, -0.25) is 0 Å². The fraction of sp³-hybridized carbons (Fsp3) is 0.125. The highest BCUT2D eigenvalue weighted by Crippen LogP contribution is 2.34. The number of methoxy groups -OCH3 is 1. The Labute approximate surface area is 192 Å². The summed E-state index contributed by atoms with van der Waals surface area (Å²) in [6.45, 7) is 0. The third kappa shape index (κ3) is 4.36. The van der Waals surface area contributed by atoms with Crippen LogP contribution < -0.4 is 4.74 Å². The molecule has 0 spiro atoms. The van der Waals surface area contributed by atoms with Crippen LogP contribution in [0.4, 0.5) is 13.2 Å². The SMILES string of the molecule is COc1cccc(S(=O)(=O)n2c(Cc3ccc(C(=O)O)cc3)cc3cc(C(F)(F)F)ccc32)c1. The summed E-state index contributed by atoms with van der Waals surface area (Å²) >= 11 is 0. The minimum absolute atomic E-state index is 0.0408. The lowest BCUT2D eigenvalue weighted by Gasteiger charge is -2.13. The van der Waals surface area contributed by atoms with Crippen molar-refractivity contribution in [2.45, 2.75) is 17.5 Å². The van der Waals surface area contributed by atoms with Gasteiger partial charge in [0.05, 0.1) is 28.6 Å². The third-order valence-electron chi connectivity index (χ3n) is 5.32. The first-order valence-electron chi connectivity index (χ1n) is 9.94. The molecule has 1 heterocycles. The predicted octanol–water partition coefficient (Wildman–Crippen LogP) is 5.19. The average Bonchev–Trinajstić information content (AvgIpc) is 3.16. The number of fused-ring (bicyclic) bond motifs is 1. The van der Waals surface area contributed by atoms with E-state index in [2.05, 4.69) is 0 Å². The predicted molar refractivity (Wildman–Crippen MR) is 119 cm³/mol. The van der Waals surface area contributed by atoms with Crippen molar-refractivity contribution in [1.82, 2.24) is 3.97 Å². The first-order valence-corrected chi connectivity index (χ1v) is 11.4. The Morgan fingerprint density at radius 2 is 1.71 bits per heavy atom. The minimum Gasteiger partial charge on any atom is -0.497 e. The summed E-state index contributed by atoms with van der Waals surface area (Å²) in [5, 5.41) is 9.20. The van der Waals surface area contributed by atoms with E-state index in [0.29, 0.717) is 11.3 Å². The van der Waals surface area contributed by atoms with Crippen molar-refractivity contribution in [1.29, 1.82) is 0 Å². The van der Waals surface area contributed by atoms with Crippen molar-refractivity contribution >= 4 is 26.9 Å². The van der Waals surface area contributed by atoms with Crippen LogP contribution in [0.3, 0.4) is 0 Å². The van der Waals surface area contributed by atoms with Crippen LogP contribution in [0.1, 0.15) is 27.2 Å². The van der Waals surface area contributed by atoms with Crippen LogP contribution in [-0.4, -0.2) is 30.6 Å². The lowest BCUT2D eigenvalue weighted by Crippen LogP contribution is -2.16. The molecular weight excluding hydrogens is 471 g/mol. The Kier molecular flexibility index (Phi) is 5.86. The molecule has 0 saturated heterocycles. The van der Waals surface area contributed by atoms with Gasteiger partial charge in [0.25, 0.3) is 10.0 Å². The van der Waals surface area contributed by atoms with Crippen molar-refractivity contribution in [2.75, 3.05) is 7.11 Å². The van der Waals surface area contributed by atoms with Gasteiger partial charge in [0.1, 0.15) is 5.75 Å². The molecule has 0 fully saturated rings. The number of nitrogens with zero attached hydrogens (tertiary/aromatic N) is 1. The van der Waals surface area contributed by atoms with E-state index in [1.54, 1.807) is 6.07 Å². The van der Waals surface area contributed by atoms with E-state index in [-0.39, 0.29) is 33.5 Å². The van der Waals surface area contributed by atoms with E-state index in [4.69, 9.17) is 9.84 Å². The highest BCUT2D eigenvalue weighted by molar-refractivity contribution is 7.90. The van der Waals surface area contributed by atoms with Crippen LogP contribution in [-0.2, 0) is 22.6 Å². The topological polar surface area (TPSA) is 85.6 Å². The number of alkyl halides is 3. The molecule has 0 aliphatic rings. The van der Waals surface area contributed by atoms with Crippen molar-refractivity contribution in [3.05, 3.63) is 95.2 Å². The number of hydrogen-bond acceptors (Lipinski definition) is 4. The lowest BCUT2D eigenvalue weighted by molar-refractivity contribution is -0.137. The maximum atomic E-state index is 13.6. The van der Waals surface area contributed by atoms with Gasteiger partial charge >= 0.3 is 12.1 Å². The van der Waals surface area contributed by atoms with E-state index in [9.17, 15) is 26.4 Å². The third-order valence-corrected chi connectivity index (χ3v) is 7.08. The van der Waals surface area contributed by atoms with Crippen LogP contribution in [0.25, 0.3) is 10.9 Å². The molecule has 1 aromatic heterocycles. The minimum atomic E-state index is -4.59. The summed E-state index contributed by atoms with van der Waals surface area (Å²) in [6, 6.07) is 15.9. The quantitative estimate of drug-likeness (QED) is 0.403. The Balaban J connectivity index is 1.91. The van der Waals surface area contributed by atoms with Crippen molar-refractivity contribution in [3.63, 3.8) is 0 Å². The molecule has 10 heteroatoms. The molecule has 0 atom stereocenters. The molecule has 1 N–H and O–H groups in total. The molecular formula is C24H18F3NO5S. The number of carboxylic acid groups (broad SMARTS) is 1. The lowest BCUT2D eigenvalue weighted by atomic mass is 10.1. The van der Waals surface area contributed by atoms with Crippen molar-refractivity contribution < 1.29 is 36.2 Å². The number of carbonyl (C=O) groups is 1. The largest absolute Gasteiger partial charge is 0.497 e. The van der Waals surface area contributed by atoms with Crippen LogP contribution in [0.5, 0.6) is 5.75 Å². The Morgan fingerprint density at radius 3 is 2.32 bits per heavy atom. The summed E-state index contributed by atoms with van der Waals surface area (Å²) in [6.07, 6.45) is -4.55.